The third-order valence-corrected chi connectivity index (χ3v) is 4.42. The molecule has 1 aliphatic heterocycles. The first-order chi connectivity index (χ1) is 11.2. The van der Waals surface area contributed by atoms with Gasteiger partial charge >= 0.3 is 0 Å². The SMILES string of the molecule is CNCC1CCCN(C(=O)c2ccc(-n3cncn3)cc2C)C1. The van der Waals surface area contributed by atoms with E-state index in [2.05, 4.69) is 15.4 Å². The lowest BCUT2D eigenvalue weighted by Crippen LogP contribution is -2.42. The molecule has 1 aromatic carbocycles. The van der Waals surface area contributed by atoms with Crippen LogP contribution in [0, 0.1) is 12.8 Å². The number of carbonyl (C=O) groups excluding carboxylic acids is 1. The molecule has 3 rings (SSSR count). The normalized spacial score (nSPS) is 18.2. The summed E-state index contributed by atoms with van der Waals surface area (Å²) in [5.74, 6) is 0.681. The predicted octanol–water partition coefficient (Wildman–Crippen LogP) is 1.65. The summed E-state index contributed by atoms with van der Waals surface area (Å²) in [6, 6.07) is 5.80. The predicted molar refractivity (Wildman–Crippen MR) is 88.7 cm³/mol. The maximum absolute atomic E-state index is 12.8. The van der Waals surface area contributed by atoms with Gasteiger partial charge in [0.25, 0.3) is 5.91 Å². The molecule has 0 saturated carbocycles. The van der Waals surface area contributed by atoms with Crippen molar-refractivity contribution in [3.63, 3.8) is 0 Å². The van der Waals surface area contributed by atoms with Crippen molar-refractivity contribution in [3.05, 3.63) is 42.0 Å². The number of hydrogen-bond acceptors (Lipinski definition) is 4. The Morgan fingerprint density at radius 3 is 3.00 bits per heavy atom. The Morgan fingerprint density at radius 2 is 2.30 bits per heavy atom. The molecule has 6 heteroatoms. The number of amides is 1. The van der Waals surface area contributed by atoms with Gasteiger partial charge in [0.1, 0.15) is 12.7 Å². The number of aryl methyl sites for hydroxylation is 1. The van der Waals surface area contributed by atoms with Crippen molar-refractivity contribution in [3.8, 4) is 5.69 Å². The third-order valence-electron chi connectivity index (χ3n) is 4.42. The second kappa shape index (κ2) is 6.91. The largest absolute Gasteiger partial charge is 0.338 e. The van der Waals surface area contributed by atoms with Crippen molar-refractivity contribution in [2.75, 3.05) is 26.7 Å². The molecule has 122 valence electrons. The lowest BCUT2D eigenvalue weighted by atomic mass is 9.96. The fourth-order valence-electron chi connectivity index (χ4n) is 3.25. The minimum atomic E-state index is 0.133. The lowest BCUT2D eigenvalue weighted by molar-refractivity contribution is 0.0673. The first-order valence-corrected chi connectivity index (χ1v) is 8.08. The number of nitrogens with one attached hydrogen (secondary N) is 1. The van der Waals surface area contributed by atoms with E-state index in [1.54, 1.807) is 11.0 Å². The van der Waals surface area contributed by atoms with Crippen molar-refractivity contribution >= 4 is 5.91 Å². The molecule has 0 bridgehead atoms. The molecule has 6 nitrogen and oxygen atoms in total. The molecule has 0 aliphatic carbocycles. The Bertz CT molecular complexity index is 666. The fraction of sp³-hybridized carbons (Fsp3) is 0.471. The van der Waals surface area contributed by atoms with Crippen molar-refractivity contribution in [1.82, 2.24) is 25.0 Å². The average molecular weight is 313 g/mol. The monoisotopic (exact) mass is 313 g/mol. The molecular weight excluding hydrogens is 290 g/mol. The van der Waals surface area contributed by atoms with Gasteiger partial charge < -0.3 is 10.2 Å². The van der Waals surface area contributed by atoms with Crippen LogP contribution < -0.4 is 5.32 Å². The van der Waals surface area contributed by atoms with Gasteiger partial charge in [-0.3, -0.25) is 4.79 Å². The first-order valence-electron chi connectivity index (χ1n) is 8.08. The summed E-state index contributed by atoms with van der Waals surface area (Å²) in [7, 11) is 1.97. The Kier molecular flexibility index (Phi) is 4.71. The zero-order valence-electron chi connectivity index (χ0n) is 13.7. The molecule has 1 unspecified atom stereocenters. The van der Waals surface area contributed by atoms with Crippen LogP contribution >= 0.6 is 0 Å². The van der Waals surface area contributed by atoms with Gasteiger partial charge in [0.2, 0.25) is 0 Å². The van der Waals surface area contributed by atoms with Crippen LogP contribution in [0.4, 0.5) is 0 Å². The molecule has 2 aromatic rings. The van der Waals surface area contributed by atoms with E-state index < -0.39 is 0 Å². The zero-order valence-corrected chi connectivity index (χ0v) is 13.7. The highest BCUT2D eigenvalue weighted by atomic mass is 16.2. The molecule has 1 aliphatic rings. The molecule has 23 heavy (non-hydrogen) atoms. The summed E-state index contributed by atoms with van der Waals surface area (Å²) < 4.78 is 1.70. The number of benzene rings is 1. The van der Waals surface area contributed by atoms with E-state index in [9.17, 15) is 4.79 Å². The summed E-state index contributed by atoms with van der Waals surface area (Å²) in [6.07, 6.45) is 5.43. The van der Waals surface area contributed by atoms with Crippen LogP contribution in [0.1, 0.15) is 28.8 Å². The van der Waals surface area contributed by atoms with E-state index in [4.69, 9.17) is 0 Å². The van der Waals surface area contributed by atoms with E-state index in [1.165, 1.54) is 12.7 Å². The van der Waals surface area contributed by atoms with Crippen LogP contribution in [-0.2, 0) is 0 Å². The van der Waals surface area contributed by atoms with E-state index in [0.29, 0.717) is 5.92 Å². The highest BCUT2D eigenvalue weighted by molar-refractivity contribution is 5.96. The van der Waals surface area contributed by atoms with Gasteiger partial charge in [-0.05, 0) is 63.0 Å². The summed E-state index contributed by atoms with van der Waals surface area (Å²) in [6.45, 7) is 4.63. The van der Waals surface area contributed by atoms with Gasteiger partial charge in [0, 0.05) is 18.7 Å². The smallest absolute Gasteiger partial charge is 0.254 e. The topological polar surface area (TPSA) is 63.1 Å². The minimum absolute atomic E-state index is 0.133. The van der Waals surface area contributed by atoms with Gasteiger partial charge in [-0.25, -0.2) is 9.67 Å². The molecular formula is C17H23N5O. The number of hydrogen-bond donors (Lipinski definition) is 1. The van der Waals surface area contributed by atoms with Crippen molar-refractivity contribution in [1.29, 1.82) is 0 Å². The number of likely N-dealkylation sites (tertiary alicyclic amines) is 1. The fourth-order valence-corrected chi connectivity index (χ4v) is 3.25. The average Bonchev–Trinajstić information content (AvgIpc) is 3.09. The number of aromatic nitrogens is 3. The van der Waals surface area contributed by atoms with Gasteiger partial charge in [-0.2, -0.15) is 5.10 Å². The van der Waals surface area contributed by atoms with E-state index in [-0.39, 0.29) is 5.91 Å². The lowest BCUT2D eigenvalue weighted by Gasteiger charge is -2.33. The third kappa shape index (κ3) is 3.42. The van der Waals surface area contributed by atoms with Crippen molar-refractivity contribution in [2.24, 2.45) is 5.92 Å². The number of rotatable bonds is 4. The van der Waals surface area contributed by atoms with Crippen LogP contribution in [0.15, 0.2) is 30.9 Å². The molecule has 2 heterocycles. The van der Waals surface area contributed by atoms with Gasteiger partial charge in [-0.1, -0.05) is 0 Å². The van der Waals surface area contributed by atoms with Crippen molar-refractivity contribution < 1.29 is 4.79 Å². The number of piperidine rings is 1. The summed E-state index contributed by atoms with van der Waals surface area (Å²) in [4.78, 5) is 18.8. The van der Waals surface area contributed by atoms with Crippen LogP contribution in [0.3, 0.4) is 0 Å². The van der Waals surface area contributed by atoms with Crippen LogP contribution in [0.25, 0.3) is 5.69 Å². The summed E-state index contributed by atoms with van der Waals surface area (Å²) in [5, 5.41) is 7.34. The Balaban J connectivity index is 1.77. The highest BCUT2D eigenvalue weighted by Gasteiger charge is 2.25. The van der Waals surface area contributed by atoms with E-state index in [0.717, 1.165) is 42.9 Å². The van der Waals surface area contributed by atoms with Crippen LogP contribution in [0.5, 0.6) is 0 Å². The molecule has 1 N–H and O–H groups in total. The molecule has 1 saturated heterocycles. The molecule has 1 atom stereocenters. The molecule has 1 aromatic heterocycles. The van der Waals surface area contributed by atoms with Crippen LogP contribution in [0.2, 0.25) is 0 Å². The number of carbonyl (C=O) groups is 1. The van der Waals surface area contributed by atoms with E-state index in [1.807, 2.05) is 37.1 Å². The standard InChI is InChI=1S/C17H23N5O/c1-13-8-15(22-12-19-11-20-22)5-6-16(13)17(23)21-7-3-4-14(10-21)9-18-2/h5-6,8,11-12,14,18H,3-4,7,9-10H2,1-2H3. The van der Waals surface area contributed by atoms with Crippen LogP contribution in [-0.4, -0.2) is 52.3 Å². The van der Waals surface area contributed by atoms with Gasteiger partial charge in [0.05, 0.1) is 5.69 Å². The summed E-state index contributed by atoms with van der Waals surface area (Å²) in [5.41, 5.74) is 2.67. The molecule has 0 radical (unpaired) electrons. The van der Waals surface area contributed by atoms with Gasteiger partial charge in [0.15, 0.2) is 0 Å². The maximum Gasteiger partial charge on any atom is 0.254 e. The maximum atomic E-state index is 12.8. The first kappa shape index (κ1) is 15.7. The van der Waals surface area contributed by atoms with Gasteiger partial charge in [-0.15, -0.1) is 0 Å². The highest BCUT2D eigenvalue weighted by Crippen LogP contribution is 2.21. The van der Waals surface area contributed by atoms with E-state index >= 15 is 0 Å². The Hall–Kier alpha value is -2.21. The van der Waals surface area contributed by atoms with Crippen molar-refractivity contribution in [2.45, 2.75) is 19.8 Å². The quantitative estimate of drug-likeness (QED) is 0.932. The second-order valence-electron chi connectivity index (χ2n) is 6.16. The second-order valence-corrected chi connectivity index (χ2v) is 6.16. The Labute approximate surface area is 136 Å². The molecule has 1 amide bonds. The molecule has 1 fully saturated rings. The minimum Gasteiger partial charge on any atom is -0.338 e. The summed E-state index contributed by atoms with van der Waals surface area (Å²) >= 11 is 0. The molecule has 0 spiro atoms. The number of nitrogens with zero attached hydrogens (tertiary/aromatic N) is 4. The zero-order chi connectivity index (χ0) is 16.2. The Morgan fingerprint density at radius 1 is 1.43 bits per heavy atom.